The number of nitrogens with two attached hydrogens (primary N) is 1. The lowest BCUT2D eigenvalue weighted by atomic mass is 10.3. The fourth-order valence-corrected chi connectivity index (χ4v) is 2.61. The van der Waals surface area contributed by atoms with E-state index in [1.165, 1.54) is 11.3 Å². The summed E-state index contributed by atoms with van der Waals surface area (Å²) in [6.45, 7) is 0. The van der Waals surface area contributed by atoms with Gasteiger partial charge in [0.15, 0.2) is 5.13 Å². The van der Waals surface area contributed by atoms with Crippen LogP contribution in [0.4, 0.5) is 10.8 Å². The summed E-state index contributed by atoms with van der Waals surface area (Å²) < 4.78 is 1.94. The first kappa shape index (κ1) is 12.8. The van der Waals surface area contributed by atoms with Crippen LogP contribution in [0.5, 0.6) is 0 Å². The molecule has 2 heterocycles. The summed E-state index contributed by atoms with van der Waals surface area (Å²) in [6.07, 6.45) is 5.41. The molecule has 1 aromatic carbocycles. The quantitative estimate of drug-likeness (QED) is 0.725. The molecule has 20 heavy (non-hydrogen) atoms. The summed E-state index contributed by atoms with van der Waals surface area (Å²) in [6, 6.07) is 7.98. The molecule has 0 fully saturated rings. The third kappa shape index (κ3) is 2.68. The summed E-state index contributed by atoms with van der Waals surface area (Å²) >= 11 is 6.36. The minimum Gasteiger partial charge on any atom is -0.388 e. The molecule has 0 aliphatic heterocycles. The van der Waals surface area contributed by atoms with Crippen LogP contribution in [-0.2, 0) is 0 Å². The van der Waals surface area contributed by atoms with E-state index in [4.69, 9.17) is 18.0 Å². The highest BCUT2D eigenvalue weighted by atomic mass is 32.1. The molecule has 0 atom stereocenters. The Morgan fingerprint density at radius 1 is 1.30 bits per heavy atom. The van der Waals surface area contributed by atoms with Crippen molar-refractivity contribution in [1.29, 1.82) is 0 Å². The van der Waals surface area contributed by atoms with Crippen LogP contribution < -0.4 is 11.1 Å². The van der Waals surface area contributed by atoms with Crippen molar-refractivity contribution in [2.45, 2.75) is 0 Å². The molecule has 100 valence electrons. The zero-order valence-electron chi connectivity index (χ0n) is 10.4. The lowest BCUT2D eigenvalue weighted by Crippen LogP contribution is -2.09. The molecule has 3 rings (SSSR count). The summed E-state index contributed by atoms with van der Waals surface area (Å²) in [7, 11) is 0. The Balaban J connectivity index is 1.76. The number of hydrogen-bond donors (Lipinski definition) is 2. The number of thiazole rings is 1. The molecule has 5 nitrogen and oxygen atoms in total. The standard InChI is InChI=1S/C13H11N5S2/c14-12(19)11-7-20-13(17-11)16-9-1-3-10(4-2-9)18-6-5-15-8-18/h1-8H,(H2,14,19)(H,16,17). The highest BCUT2D eigenvalue weighted by Crippen LogP contribution is 2.22. The first-order chi connectivity index (χ1) is 9.72. The summed E-state index contributed by atoms with van der Waals surface area (Å²) in [5.74, 6) is 0. The molecule has 0 radical (unpaired) electrons. The molecule has 0 spiro atoms. The average molecular weight is 301 g/mol. The number of nitrogens with one attached hydrogen (secondary N) is 1. The second-order valence-electron chi connectivity index (χ2n) is 4.04. The molecule has 0 saturated carbocycles. The number of thiocarbonyl (C=S) groups is 1. The summed E-state index contributed by atoms with van der Waals surface area (Å²) in [5, 5.41) is 5.82. The van der Waals surface area contributed by atoms with Crippen molar-refractivity contribution >= 4 is 39.4 Å². The van der Waals surface area contributed by atoms with Gasteiger partial charge in [-0.3, -0.25) is 0 Å². The largest absolute Gasteiger partial charge is 0.388 e. The maximum absolute atomic E-state index is 5.53. The number of hydrogen-bond acceptors (Lipinski definition) is 5. The van der Waals surface area contributed by atoms with Gasteiger partial charge in [-0.25, -0.2) is 9.97 Å². The van der Waals surface area contributed by atoms with E-state index in [1.807, 2.05) is 40.4 Å². The summed E-state index contributed by atoms with van der Waals surface area (Å²) in [5.41, 5.74) is 8.18. The summed E-state index contributed by atoms with van der Waals surface area (Å²) in [4.78, 5) is 8.64. The first-order valence-electron chi connectivity index (χ1n) is 5.83. The van der Waals surface area contributed by atoms with Gasteiger partial charge in [-0.05, 0) is 24.3 Å². The van der Waals surface area contributed by atoms with E-state index < -0.39 is 0 Å². The molecule has 3 aromatic rings. The van der Waals surface area contributed by atoms with Gasteiger partial charge in [0.2, 0.25) is 0 Å². The third-order valence-corrected chi connectivity index (χ3v) is 3.64. The first-order valence-corrected chi connectivity index (χ1v) is 7.12. The SMILES string of the molecule is NC(=S)c1csc(Nc2ccc(-n3ccnc3)cc2)n1. The van der Waals surface area contributed by atoms with E-state index in [9.17, 15) is 0 Å². The fraction of sp³-hybridized carbons (Fsp3) is 0. The van der Waals surface area contributed by atoms with Crippen molar-refractivity contribution < 1.29 is 0 Å². The Morgan fingerprint density at radius 3 is 2.70 bits per heavy atom. The van der Waals surface area contributed by atoms with E-state index in [2.05, 4.69) is 15.3 Å². The Morgan fingerprint density at radius 2 is 2.10 bits per heavy atom. The maximum Gasteiger partial charge on any atom is 0.187 e. The smallest absolute Gasteiger partial charge is 0.187 e. The van der Waals surface area contributed by atoms with Crippen molar-refractivity contribution in [2.24, 2.45) is 5.73 Å². The molecular weight excluding hydrogens is 290 g/mol. The fourth-order valence-electron chi connectivity index (χ4n) is 1.70. The Labute approximate surface area is 125 Å². The van der Waals surface area contributed by atoms with Gasteiger partial charge in [0.1, 0.15) is 10.7 Å². The van der Waals surface area contributed by atoms with Crippen LogP contribution in [0.2, 0.25) is 0 Å². The van der Waals surface area contributed by atoms with Crippen molar-refractivity contribution in [1.82, 2.24) is 14.5 Å². The topological polar surface area (TPSA) is 68.8 Å². The van der Waals surface area contributed by atoms with Gasteiger partial charge >= 0.3 is 0 Å². The van der Waals surface area contributed by atoms with Crippen LogP contribution >= 0.6 is 23.6 Å². The van der Waals surface area contributed by atoms with E-state index in [-0.39, 0.29) is 0 Å². The second kappa shape index (κ2) is 5.40. The molecule has 0 aliphatic rings. The van der Waals surface area contributed by atoms with Crippen molar-refractivity contribution in [3.63, 3.8) is 0 Å². The monoisotopic (exact) mass is 301 g/mol. The van der Waals surface area contributed by atoms with E-state index >= 15 is 0 Å². The molecule has 2 aromatic heterocycles. The number of nitrogens with zero attached hydrogens (tertiary/aromatic N) is 3. The highest BCUT2D eigenvalue weighted by Gasteiger charge is 2.04. The van der Waals surface area contributed by atoms with Crippen molar-refractivity contribution in [3.05, 3.63) is 54.1 Å². The van der Waals surface area contributed by atoms with Gasteiger partial charge in [-0.1, -0.05) is 12.2 Å². The third-order valence-electron chi connectivity index (χ3n) is 2.68. The van der Waals surface area contributed by atoms with Crippen molar-refractivity contribution in [2.75, 3.05) is 5.32 Å². The van der Waals surface area contributed by atoms with Gasteiger partial charge in [0.05, 0.1) is 6.33 Å². The number of imidazole rings is 1. The minimum atomic E-state index is 0.310. The van der Waals surface area contributed by atoms with Gasteiger partial charge < -0.3 is 15.6 Å². The molecule has 0 bridgehead atoms. The lowest BCUT2D eigenvalue weighted by Gasteiger charge is -2.05. The molecule has 0 aliphatic carbocycles. The van der Waals surface area contributed by atoms with Crippen LogP contribution in [0.15, 0.2) is 48.4 Å². The van der Waals surface area contributed by atoms with Gasteiger partial charge in [-0.15, -0.1) is 11.3 Å². The second-order valence-corrected chi connectivity index (χ2v) is 5.34. The number of benzene rings is 1. The molecule has 0 amide bonds. The number of anilines is 2. The predicted molar refractivity (Wildman–Crippen MR) is 84.8 cm³/mol. The molecule has 0 saturated heterocycles. The molecule has 7 heteroatoms. The highest BCUT2D eigenvalue weighted by molar-refractivity contribution is 7.80. The normalized spacial score (nSPS) is 10.4. The number of aromatic nitrogens is 3. The van der Waals surface area contributed by atoms with Gasteiger partial charge in [0, 0.05) is 29.1 Å². The van der Waals surface area contributed by atoms with Crippen LogP contribution in [0, 0.1) is 0 Å². The Bertz CT molecular complexity index is 716. The maximum atomic E-state index is 5.53. The van der Waals surface area contributed by atoms with Gasteiger partial charge in [-0.2, -0.15) is 0 Å². The van der Waals surface area contributed by atoms with Crippen LogP contribution in [0.3, 0.4) is 0 Å². The Kier molecular flexibility index (Phi) is 3.44. The van der Waals surface area contributed by atoms with Crippen LogP contribution in [0.25, 0.3) is 5.69 Å². The Hall–Kier alpha value is -2.25. The van der Waals surface area contributed by atoms with Gasteiger partial charge in [0.25, 0.3) is 0 Å². The lowest BCUT2D eigenvalue weighted by molar-refractivity contribution is 1.06. The van der Waals surface area contributed by atoms with E-state index in [1.54, 1.807) is 12.5 Å². The zero-order valence-corrected chi connectivity index (χ0v) is 12.0. The van der Waals surface area contributed by atoms with Crippen LogP contribution in [0.1, 0.15) is 5.69 Å². The zero-order chi connectivity index (χ0) is 13.9. The van der Waals surface area contributed by atoms with Crippen LogP contribution in [-0.4, -0.2) is 19.5 Å². The van der Waals surface area contributed by atoms with Crippen molar-refractivity contribution in [3.8, 4) is 5.69 Å². The molecule has 0 unspecified atom stereocenters. The van der Waals surface area contributed by atoms with E-state index in [0.29, 0.717) is 10.7 Å². The van der Waals surface area contributed by atoms with E-state index in [0.717, 1.165) is 16.5 Å². The molecular formula is C13H11N5S2. The molecule has 3 N–H and O–H groups in total. The number of rotatable bonds is 4. The minimum absolute atomic E-state index is 0.310. The average Bonchev–Trinajstić information content (AvgIpc) is 3.10. The predicted octanol–water partition coefficient (Wildman–Crippen LogP) is 2.71.